The topological polar surface area (TPSA) is 58.5 Å². The Labute approximate surface area is 119 Å². The number of rotatable bonds is 8. The van der Waals surface area contributed by atoms with Crippen molar-refractivity contribution in [1.29, 1.82) is 0 Å². The maximum atomic E-state index is 5.02. The van der Waals surface area contributed by atoms with Crippen LogP contribution in [0.3, 0.4) is 0 Å². The van der Waals surface area contributed by atoms with Crippen molar-refractivity contribution in [3.05, 3.63) is 16.1 Å². The first-order valence-electron chi connectivity index (χ1n) is 6.74. The first-order valence-corrected chi connectivity index (χ1v) is 7.62. The second-order valence-corrected chi connectivity index (χ2v) is 5.00. The highest BCUT2D eigenvalue weighted by Crippen LogP contribution is 2.10. The molecule has 0 saturated carbocycles. The number of thiazole rings is 1. The maximum Gasteiger partial charge on any atom is 0.191 e. The number of aromatic nitrogens is 1. The molecule has 0 fully saturated rings. The first kappa shape index (κ1) is 15.9. The lowest BCUT2D eigenvalue weighted by Gasteiger charge is -2.10. The summed E-state index contributed by atoms with van der Waals surface area (Å²) in [5.41, 5.74) is 1.04. The van der Waals surface area contributed by atoms with Gasteiger partial charge in [-0.05, 0) is 19.8 Å². The van der Waals surface area contributed by atoms with Gasteiger partial charge in [0, 0.05) is 32.2 Å². The third-order valence-electron chi connectivity index (χ3n) is 2.46. The van der Waals surface area contributed by atoms with Crippen LogP contribution < -0.4 is 10.6 Å². The molecule has 0 atom stereocenters. The molecule has 0 amide bonds. The van der Waals surface area contributed by atoms with E-state index < -0.39 is 0 Å². The van der Waals surface area contributed by atoms with E-state index in [1.165, 1.54) is 5.01 Å². The van der Waals surface area contributed by atoms with Gasteiger partial charge in [-0.25, -0.2) is 9.98 Å². The van der Waals surface area contributed by atoms with E-state index in [1.807, 2.05) is 0 Å². The number of methoxy groups -OCH3 is 1. The predicted octanol–water partition coefficient (Wildman–Crippen LogP) is 1.80. The third kappa shape index (κ3) is 6.54. The molecule has 0 aliphatic rings. The van der Waals surface area contributed by atoms with Gasteiger partial charge in [0.25, 0.3) is 0 Å². The zero-order valence-electron chi connectivity index (χ0n) is 12.0. The van der Waals surface area contributed by atoms with Crippen LogP contribution in [-0.4, -0.2) is 37.7 Å². The minimum Gasteiger partial charge on any atom is -0.385 e. The molecule has 6 heteroatoms. The van der Waals surface area contributed by atoms with Crippen molar-refractivity contribution in [3.8, 4) is 0 Å². The molecule has 0 spiro atoms. The van der Waals surface area contributed by atoms with Crippen molar-refractivity contribution in [3.63, 3.8) is 0 Å². The molecule has 0 bridgehead atoms. The number of aliphatic imine (C=N–C) groups is 1. The van der Waals surface area contributed by atoms with Crippen LogP contribution in [0.15, 0.2) is 10.4 Å². The van der Waals surface area contributed by atoms with Crippen LogP contribution in [0, 0.1) is 0 Å². The van der Waals surface area contributed by atoms with Crippen LogP contribution >= 0.6 is 11.3 Å². The van der Waals surface area contributed by atoms with Gasteiger partial charge in [-0.15, -0.1) is 11.3 Å². The molecule has 0 saturated heterocycles. The maximum absolute atomic E-state index is 5.02. The SMILES string of the molecule is CCNC(=NCc1csc(CC)n1)NCCCOC. The largest absolute Gasteiger partial charge is 0.385 e. The number of hydrogen-bond donors (Lipinski definition) is 2. The normalized spacial score (nSPS) is 11.6. The fourth-order valence-electron chi connectivity index (χ4n) is 1.51. The summed E-state index contributed by atoms with van der Waals surface area (Å²) in [5.74, 6) is 0.838. The highest BCUT2D eigenvalue weighted by Gasteiger charge is 2.01. The van der Waals surface area contributed by atoms with Gasteiger partial charge >= 0.3 is 0 Å². The fourth-order valence-corrected chi connectivity index (χ4v) is 2.24. The third-order valence-corrected chi connectivity index (χ3v) is 3.50. The smallest absolute Gasteiger partial charge is 0.191 e. The summed E-state index contributed by atoms with van der Waals surface area (Å²) in [4.78, 5) is 9.03. The summed E-state index contributed by atoms with van der Waals surface area (Å²) in [6.45, 7) is 7.27. The predicted molar refractivity (Wildman–Crippen MR) is 80.8 cm³/mol. The second kappa shape index (κ2) is 9.75. The quantitative estimate of drug-likeness (QED) is 0.434. The molecule has 19 heavy (non-hydrogen) atoms. The Morgan fingerprint density at radius 3 is 2.89 bits per heavy atom. The summed E-state index contributed by atoms with van der Waals surface area (Å²) in [5, 5.41) is 9.76. The van der Waals surface area contributed by atoms with Crippen LogP contribution in [0.2, 0.25) is 0 Å². The van der Waals surface area contributed by atoms with Gasteiger partial charge in [-0.3, -0.25) is 0 Å². The molecule has 108 valence electrons. The van der Waals surface area contributed by atoms with E-state index in [4.69, 9.17) is 4.74 Å². The number of hydrogen-bond acceptors (Lipinski definition) is 4. The number of guanidine groups is 1. The first-order chi connectivity index (χ1) is 9.30. The van der Waals surface area contributed by atoms with Crippen molar-refractivity contribution in [2.24, 2.45) is 4.99 Å². The van der Waals surface area contributed by atoms with E-state index in [2.05, 4.69) is 39.8 Å². The summed E-state index contributed by atoms with van der Waals surface area (Å²) in [6.07, 6.45) is 1.96. The van der Waals surface area contributed by atoms with E-state index in [0.717, 1.165) is 44.2 Å². The van der Waals surface area contributed by atoms with Gasteiger partial charge in [0.15, 0.2) is 5.96 Å². The number of nitrogens with one attached hydrogen (secondary N) is 2. The summed E-state index contributed by atoms with van der Waals surface area (Å²) >= 11 is 1.70. The van der Waals surface area contributed by atoms with E-state index >= 15 is 0 Å². The fraction of sp³-hybridized carbons (Fsp3) is 0.692. The standard InChI is InChI=1S/C13H24N4OS/c1-4-12-17-11(10-19-12)9-16-13(14-5-2)15-7-6-8-18-3/h10H,4-9H2,1-3H3,(H2,14,15,16). The van der Waals surface area contributed by atoms with Crippen LogP contribution in [0.5, 0.6) is 0 Å². The molecule has 0 radical (unpaired) electrons. The highest BCUT2D eigenvalue weighted by atomic mass is 32.1. The van der Waals surface area contributed by atoms with Gasteiger partial charge in [0.2, 0.25) is 0 Å². The zero-order valence-corrected chi connectivity index (χ0v) is 12.8. The molecule has 1 aromatic rings. The lowest BCUT2D eigenvalue weighted by molar-refractivity contribution is 0.195. The molecule has 1 heterocycles. The van der Waals surface area contributed by atoms with Gasteiger partial charge in [0.05, 0.1) is 17.2 Å². The van der Waals surface area contributed by atoms with Crippen molar-refractivity contribution in [1.82, 2.24) is 15.6 Å². The molecule has 0 aliphatic heterocycles. The molecular weight excluding hydrogens is 260 g/mol. The lowest BCUT2D eigenvalue weighted by atomic mass is 10.4. The highest BCUT2D eigenvalue weighted by molar-refractivity contribution is 7.09. The van der Waals surface area contributed by atoms with Crippen molar-refractivity contribution < 1.29 is 4.74 Å². The minimum atomic E-state index is 0.621. The van der Waals surface area contributed by atoms with E-state index in [1.54, 1.807) is 18.4 Å². The Kier molecular flexibility index (Phi) is 8.16. The Balaban J connectivity index is 2.42. The molecule has 0 aromatic carbocycles. The van der Waals surface area contributed by atoms with Crippen LogP contribution in [0.25, 0.3) is 0 Å². The lowest BCUT2D eigenvalue weighted by Crippen LogP contribution is -2.38. The monoisotopic (exact) mass is 284 g/mol. The average molecular weight is 284 g/mol. The number of aryl methyl sites for hydroxylation is 1. The second-order valence-electron chi connectivity index (χ2n) is 4.05. The average Bonchev–Trinajstić information content (AvgIpc) is 2.88. The van der Waals surface area contributed by atoms with Crippen LogP contribution in [0.4, 0.5) is 0 Å². The summed E-state index contributed by atoms with van der Waals surface area (Å²) in [6, 6.07) is 0. The molecule has 1 aromatic heterocycles. The molecule has 5 nitrogen and oxygen atoms in total. The minimum absolute atomic E-state index is 0.621. The molecule has 0 aliphatic carbocycles. The zero-order chi connectivity index (χ0) is 13.9. The van der Waals surface area contributed by atoms with Crippen LogP contribution in [-0.2, 0) is 17.7 Å². The van der Waals surface area contributed by atoms with Gasteiger partial charge in [-0.2, -0.15) is 0 Å². The summed E-state index contributed by atoms with van der Waals surface area (Å²) in [7, 11) is 1.72. The Hall–Kier alpha value is -1.14. The van der Waals surface area contributed by atoms with E-state index in [-0.39, 0.29) is 0 Å². The number of nitrogens with zero attached hydrogens (tertiary/aromatic N) is 2. The Bertz CT molecular complexity index is 378. The van der Waals surface area contributed by atoms with E-state index in [0.29, 0.717) is 6.54 Å². The van der Waals surface area contributed by atoms with Crippen LogP contribution in [0.1, 0.15) is 31.0 Å². The molecule has 2 N–H and O–H groups in total. The Morgan fingerprint density at radius 1 is 1.42 bits per heavy atom. The van der Waals surface area contributed by atoms with Crippen molar-refractivity contribution >= 4 is 17.3 Å². The van der Waals surface area contributed by atoms with Gasteiger partial charge < -0.3 is 15.4 Å². The van der Waals surface area contributed by atoms with Crippen molar-refractivity contribution in [2.75, 3.05) is 26.8 Å². The molecular formula is C13H24N4OS. The van der Waals surface area contributed by atoms with E-state index in [9.17, 15) is 0 Å². The van der Waals surface area contributed by atoms with Crippen molar-refractivity contribution in [2.45, 2.75) is 33.2 Å². The summed E-state index contributed by atoms with van der Waals surface area (Å²) < 4.78 is 5.02. The van der Waals surface area contributed by atoms with Gasteiger partial charge in [0.1, 0.15) is 0 Å². The molecule has 1 rings (SSSR count). The van der Waals surface area contributed by atoms with Gasteiger partial charge in [-0.1, -0.05) is 6.92 Å². The number of ether oxygens (including phenoxy) is 1. The molecule has 0 unspecified atom stereocenters. The Morgan fingerprint density at radius 2 is 2.26 bits per heavy atom.